The molecule has 0 saturated carbocycles. The van der Waals surface area contributed by atoms with Gasteiger partial charge in [-0.3, -0.25) is 0 Å². The van der Waals surface area contributed by atoms with Gasteiger partial charge in [-0.1, -0.05) is 23.7 Å². The molecule has 1 heterocycles. The topological polar surface area (TPSA) is 68.1 Å². The fraction of sp³-hybridized carbons (Fsp3) is 0.0625. The first kappa shape index (κ1) is 13.5. The number of esters is 1. The van der Waals surface area contributed by atoms with E-state index in [9.17, 15) is 4.79 Å². The number of hydrogen-bond acceptors (Lipinski definition) is 3. The number of halogens is 1. The molecule has 0 bridgehead atoms. The van der Waals surface area contributed by atoms with Crippen LogP contribution in [0.5, 0.6) is 0 Å². The number of nitrogens with one attached hydrogen (secondary N) is 1. The van der Waals surface area contributed by atoms with E-state index in [0.29, 0.717) is 16.4 Å². The predicted octanol–water partition coefficient (Wildman–Crippen LogP) is 3.86. The Morgan fingerprint density at radius 3 is 2.57 bits per heavy atom. The van der Waals surface area contributed by atoms with Crippen molar-refractivity contribution in [3.05, 3.63) is 53.2 Å². The van der Waals surface area contributed by atoms with Crippen molar-refractivity contribution >= 4 is 34.2 Å². The van der Waals surface area contributed by atoms with Crippen LogP contribution in [-0.2, 0) is 4.74 Å². The molecule has 3 rings (SSSR count). The van der Waals surface area contributed by atoms with Gasteiger partial charge in [-0.05, 0) is 41.5 Å². The zero-order chi connectivity index (χ0) is 15.0. The van der Waals surface area contributed by atoms with E-state index in [4.69, 9.17) is 22.1 Å². The van der Waals surface area contributed by atoms with E-state index in [1.54, 1.807) is 12.1 Å². The van der Waals surface area contributed by atoms with Crippen LogP contribution in [0.4, 0.5) is 5.69 Å². The lowest BCUT2D eigenvalue weighted by atomic mass is 10.0. The molecule has 0 unspecified atom stereocenters. The Morgan fingerprint density at radius 1 is 1.14 bits per heavy atom. The van der Waals surface area contributed by atoms with Crippen molar-refractivity contribution in [2.75, 3.05) is 12.8 Å². The van der Waals surface area contributed by atoms with Gasteiger partial charge >= 0.3 is 5.97 Å². The monoisotopic (exact) mass is 300 g/mol. The maximum absolute atomic E-state index is 11.5. The molecule has 0 amide bonds. The normalized spacial score (nSPS) is 10.8. The highest BCUT2D eigenvalue weighted by Crippen LogP contribution is 2.29. The van der Waals surface area contributed by atoms with Crippen molar-refractivity contribution in [2.45, 2.75) is 0 Å². The first-order valence-corrected chi connectivity index (χ1v) is 6.73. The first-order valence-electron chi connectivity index (χ1n) is 6.35. The van der Waals surface area contributed by atoms with Crippen molar-refractivity contribution in [3.8, 4) is 11.1 Å². The van der Waals surface area contributed by atoms with Crippen molar-refractivity contribution in [1.82, 2.24) is 4.98 Å². The van der Waals surface area contributed by atoms with E-state index in [0.717, 1.165) is 22.0 Å². The summed E-state index contributed by atoms with van der Waals surface area (Å²) in [5.41, 5.74) is 9.55. The Bertz CT molecular complexity index is 839. The van der Waals surface area contributed by atoms with Crippen molar-refractivity contribution in [2.24, 2.45) is 0 Å². The molecule has 0 fully saturated rings. The molecule has 0 atom stereocenters. The summed E-state index contributed by atoms with van der Waals surface area (Å²) in [6, 6.07) is 13.1. The number of fused-ring (bicyclic) bond motifs is 1. The third kappa shape index (κ3) is 2.45. The third-order valence-corrected chi connectivity index (χ3v) is 3.69. The molecule has 2 aromatic carbocycles. The van der Waals surface area contributed by atoms with Gasteiger partial charge in [0.1, 0.15) is 5.69 Å². The molecule has 3 N–H and O–H groups in total. The van der Waals surface area contributed by atoms with Crippen molar-refractivity contribution in [3.63, 3.8) is 0 Å². The average molecular weight is 301 g/mol. The summed E-state index contributed by atoms with van der Waals surface area (Å²) in [5, 5.41) is 1.46. The van der Waals surface area contributed by atoms with Crippen molar-refractivity contribution < 1.29 is 9.53 Å². The van der Waals surface area contributed by atoms with Crippen LogP contribution >= 0.6 is 11.6 Å². The lowest BCUT2D eigenvalue weighted by Crippen LogP contribution is -2.00. The number of ether oxygens (including phenoxy) is 1. The average Bonchev–Trinajstić information content (AvgIpc) is 2.92. The molecule has 106 valence electrons. The van der Waals surface area contributed by atoms with Gasteiger partial charge in [0.25, 0.3) is 0 Å². The summed E-state index contributed by atoms with van der Waals surface area (Å²) in [4.78, 5) is 14.6. The van der Waals surface area contributed by atoms with Gasteiger partial charge in [-0.15, -0.1) is 0 Å². The Kier molecular flexibility index (Phi) is 3.31. The van der Waals surface area contributed by atoms with E-state index < -0.39 is 0 Å². The minimum atomic E-state index is -0.386. The second kappa shape index (κ2) is 5.14. The molecule has 4 nitrogen and oxygen atoms in total. The molecule has 0 saturated heterocycles. The Hall–Kier alpha value is -2.46. The molecule has 5 heteroatoms. The third-order valence-electron chi connectivity index (χ3n) is 3.36. The van der Waals surface area contributed by atoms with Crippen LogP contribution in [0, 0.1) is 0 Å². The van der Waals surface area contributed by atoms with E-state index in [2.05, 4.69) is 4.98 Å². The molecular weight excluding hydrogens is 288 g/mol. The fourth-order valence-electron chi connectivity index (χ4n) is 2.24. The van der Waals surface area contributed by atoms with Gasteiger partial charge in [0.05, 0.1) is 17.8 Å². The number of anilines is 1. The second-order valence-electron chi connectivity index (χ2n) is 4.71. The number of aromatic nitrogens is 1. The number of methoxy groups -OCH3 is 1. The zero-order valence-electron chi connectivity index (χ0n) is 11.3. The van der Waals surface area contributed by atoms with Crippen LogP contribution in [0.15, 0.2) is 42.5 Å². The van der Waals surface area contributed by atoms with Crippen LogP contribution in [0.3, 0.4) is 0 Å². The molecule has 3 aromatic rings. The lowest BCUT2D eigenvalue weighted by molar-refractivity contribution is 0.0595. The van der Waals surface area contributed by atoms with Crippen LogP contribution in [-0.4, -0.2) is 18.1 Å². The summed E-state index contributed by atoms with van der Waals surface area (Å²) < 4.78 is 4.71. The highest BCUT2D eigenvalue weighted by Gasteiger charge is 2.10. The molecule has 0 radical (unpaired) electrons. The molecular formula is C16H13ClN2O2. The molecule has 0 spiro atoms. The summed E-state index contributed by atoms with van der Waals surface area (Å²) in [5.74, 6) is -0.386. The summed E-state index contributed by atoms with van der Waals surface area (Å²) in [7, 11) is 1.36. The number of nitrogen functional groups attached to an aromatic ring is 1. The summed E-state index contributed by atoms with van der Waals surface area (Å²) in [6.07, 6.45) is 0. The number of rotatable bonds is 2. The van der Waals surface area contributed by atoms with Crippen LogP contribution < -0.4 is 5.73 Å². The number of H-pyrrole nitrogens is 1. The highest BCUT2D eigenvalue weighted by molar-refractivity contribution is 6.33. The molecule has 1 aromatic heterocycles. The van der Waals surface area contributed by atoms with Gasteiger partial charge in [0.2, 0.25) is 0 Å². The summed E-state index contributed by atoms with van der Waals surface area (Å²) in [6.45, 7) is 0. The predicted molar refractivity (Wildman–Crippen MR) is 84.5 cm³/mol. The van der Waals surface area contributed by atoms with Gasteiger partial charge < -0.3 is 15.5 Å². The number of aromatic amines is 1. The van der Waals surface area contributed by atoms with E-state index in [-0.39, 0.29) is 5.97 Å². The Balaban J connectivity index is 2.07. The fourth-order valence-corrected chi connectivity index (χ4v) is 2.42. The van der Waals surface area contributed by atoms with Crippen molar-refractivity contribution in [1.29, 1.82) is 0 Å². The Labute approximate surface area is 126 Å². The standard InChI is InChI=1S/C16H13ClN2O2/c1-21-16(20)15-8-11-6-9(3-5-14(11)19-15)10-2-4-13(18)12(17)7-10/h2-8,19H,18H2,1H3. The highest BCUT2D eigenvalue weighted by atomic mass is 35.5. The van der Waals surface area contributed by atoms with Gasteiger partial charge in [0, 0.05) is 10.9 Å². The smallest absolute Gasteiger partial charge is 0.354 e. The van der Waals surface area contributed by atoms with Gasteiger partial charge in [-0.2, -0.15) is 0 Å². The van der Waals surface area contributed by atoms with Gasteiger partial charge in [-0.25, -0.2) is 4.79 Å². The number of nitrogens with two attached hydrogens (primary N) is 1. The molecule has 0 aliphatic carbocycles. The number of hydrogen-bond donors (Lipinski definition) is 2. The minimum absolute atomic E-state index is 0.386. The largest absolute Gasteiger partial charge is 0.464 e. The zero-order valence-corrected chi connectivity index (χ0v) is 12.1. The van der Waals surface area contributed by atoms with Crippen LogP contribution in [0.2, 0.25) is 5.02 Å². The maximum Gasteiger partial charge on any atom is 0.354 e. The van der Waals surface area contributed by atoms with Crippen LogP contribution in [0.25, 0.3) is 22.0 Å². The molecule has 0 aliphatic rings. The number of carbonyl (C=O) groups excluding carboxylic acids is 1. The lowest BCUT2D eigenvalue weighted by Gasteiger charge is -2.04. The molecule has 21 heavy (non-hydrogen) atoms. The van der Waals surface area contributed by atoms with Crippen LogP contribution in [0.1, 0.15) is 10.5 Å². The minimum Gasteiger partial charge on any atom is -0.464 e. The van der Waals surface area contributed by atoms with Gasteiger partial charge in [0.15, 0.2) is 0 Å². The number of benzene rings is 2. The Morgan fingerprint density at radius 2 is 1.86 bits per heavy atom. The second-order valence-corrected chi connectivity index (χ2v) is 5.12. The maximum atomic E-state index is 11.5. The van der Waals surface area contributed by atoms with E-state index in [1.165, 1.54) is 7.11 Å². The SMILES string of the molecule is COC(=O)c1cc2cc(-c3ccc(N)c(Cl)c3)ccc2[nH]1. The summed E-state index contributed by atoms with van der Waals surface area (Å²) >= 11 is 6.05. The first-order chi connectivity index (χ1) is 10.1. The quantitative estimate of drug-likeness (QED) is 0.558. The van der Waals surface area contributed by atoms with E-state index in [1.807, 2.05) is 30.3 Å². The molecule has 0 aliphatic heterocycles. The number of carbonyl (C=O) groups is 1. The van der Waals surface area contributed by atoms with E-state index >= 15 is 0 Å².